The maximum absolute atomic E-state index is 12.9. The van der Waals surface area contributed by atoms with Crippen LogP contribution in [0.3, 0.4) is 0 Å². The maximum atomic E-state index is 12.9. The molecular formula is C17H19N9O6S3. The van der Waals surface area contributed by atoms with Crippen LogP contribution in [0, 0.1) is 0 Å². The smallest absolute Gasteiger partial charge is 0.352 e. The average Bonchev–Trinajstić information content (AvgIpc) is 3.45. The number of aliphatic hydroxyl groups is 1. The van der Waals surface area contributed by atoms with E-state index >= 15 is 0 Å². The lowest BCUT2D eigenvalue weighted by molar-refractivity contribution is -0.150. The van der Waals surface area contributed by atoms with Crippen LogP contribution in [0.2, 0.25) is 0 Å². The van der Waals surface area contributed by atoms with Gasteiger partial charge in [0, 0.05) is 23.9 Å². The number of carbonyl (C=O) groups is 3. The van der Waals surface area contributed by atoms with Crippen molar-refractivity contribution in [3.63, 3.8) is 0 Å². The number of hydrogen-bond acceptors (Lipinski definition) is 14. The molecule has 4 heterocycles. The third-order valence-electron chi connectivity index (χ3n) is 4.81. The molecule has 2 aliphatic heterocycles. The summed E-state index contributed by atoms with van der Waals surface area (Å²) in [6.07, 6.45) is 0. The predicted molar refractivity (Wildman–Crippen MR) is 125 cm³/mol. The number of β-lactam (4-membered cyclic amide) rings is 1. The number of nitrogens with zero attached hydrogens (tertiary/aromatic N) is 7. The molecule has 2 amide bonds. The minimum Gasteiger partial charge on any atom is -0.477 e. The number of aromatic nitrogens is 5. The fourth-order valence-electron chi connectivity index (χ4n) is 3.25. The molecule has 1 saturated heterocycles. The van der Waals surface area contributed by atoms with Gasteiger partial charge in [-0.05, 0) is 16.0 Å². The van der Waals surface area contributed by atoms with E-state index in [2.05, 4.69) is 31.0 Å². The van der Waals surface area contributed by atoms with Crippen molar-refractivity contribution in [2.75, 3.05) is 30.5 Å². The summed E-state index contributed by atoms with van der Waals surface area (Å²) in [6, 6.07) is -0.974. The molecule has 18 heteroatoms. The van der Waals surface area contributed by atoms with E-state index in [4.69, 9.17) is 15.7 Å². The number of carboxylic acids is 1. The molecule has 4 rings (SSSR count). The zero-order chi connectivity index (χ0) is 25.1. The molecule has 0 saturated carbocycles. The van der Waals surface area contributed by atoms with Crippen molar-refractivity contribution in [1.82, 2.24) is 35.4 Å². The van der Waals surface area contributed by atoms with Crippen LogP contribution in [0.1, 0.15) is 5.69 Å². The molecule has 15 nitrogen and oxygen atoms in total. The number of carboxylic acid groups (broad SMARTS) is 1. The topological polar surface area (TPSA) is 211 Å². The van der Waals surface area contributed by atoms with Crippen LogP contribution in [0.25, 0.3) is 0 Å². The lowest BCUT2D eigenvalue weighted by Gasteiger charge is -2.49. The molecule has 2 aliphatic rings. The van der Waals surface area contributed by atoms with Crippen molar-refractivity contribution in [2.24, 2.45) is 12.2 Å². The summed E-state index contributed by atoms with van der Waals surface area (Å²) in [5.74, 6) is -1.93. The SMILES string of the molecule is Cn1nnnc1SCC1=C(C(=O)O)N2C(=O)C(NC(=O)/C(=N\OCCO)c3csc(N)n3)[C@H]2SC1. The monoisotopic (exact) mass is 541 g/mol. The molecule has 35 heavy (non-hydrogen) atoms. The highest BCUT2D eigenvalue weighted by atomic mass is 32.2. The average molecular weight is 542 g/mol. The van der Waals surface area contributed by atoms with E-state index in [1.165, 1.54) is 38.5 Å². The number of rotatable bonds is 10. The van der Waals surface area contributed by atoms with Crippen LogP contribution in [0.5, 0.6) is 0 Å². The second kappa shape index (κ2) is 10.6. The van der Waals surface area contributed by atoms with Crippen LogP contribution in [0.4, 0.5) is 5.13 Å². The van der Waals surface area contributed by atoms with Gasteiger partial charge in [0.25, 0.3) is 11.8 Å². The number of oxime groups is 1. The van der Waals surface area contributed by atoms with E-state index < -0.39 is 29.2 Å². The highest BCUT2D eigenvalue weighted by Crippen LogP contribution is 2.41. The van der Waals surface area contributed by atoms with Gasteiger partial charge in [0.1, 0.15) is 29.4 Å². The summed E-state index contributed by atoms with van der Waals surface area (Å²) in [5, 5.41) is 37.8. The van der Waals surface area contributed by atoms with Gasteiger partial charge in [-0.2, -0.15) is 0 Å². The number of aliphatic carboxylic acids is 1. The molecule has 2 aromatic rings. The summed E-state index contributed by atoms with van der Waals surface area (Å²) in [7, 11) is 1.67. The molecule has 0 bridgehead atoms. The van der Waals surface area contributed by atoms with Gasteiger partial charge in [-0.25, -0.2) is 14.5 Å². The number of nitrogens with one attached hydrogen (secondary N) is 1. The van der Waals surface area contributed by atoms with Crippen molar-refractivity contribution in [1.29, 1.82) is 0 Å². The number of nitrogen functional groups attached to an aromatic ring is 1. The fraction of sp³-hybridized carbons (Fsp3) is 0.412. The van der Waals surface area contributed by atoms with Gasteiger partial charge >= 0.3 is 5.97 Å². The molecular weight excluding hydrogens is 522 g/mol. The van der Waals surface area contributed by atoms with Gasteiger partial charge in [0.15, 0.2) is 10.8 Å². The third-order valence-corrected chi connectivity index (χ3v) is 7.92. The van der Waals surface area contributed by atoms with E-state index in [9.17, 15) is 19.5 Å². The highest BCUT2D eigenvalue weighted by Gasteiger charge is 2.54. The van der Waals surface area contributed by atoms with Crippen molar-refractivity contribution in [3.8, 4) is 0 Å². The first kappa shape index (κ1) is 24.9. The normalized spacial score (nSPS) is 19.9. The van der Waals surface area contributed by atoms with Crippen molar-refractivity contribution < 1.29 is 29.4 Å². The molecule has 2 atom stereocenters. The van der Waals surface area contributed by atoms with Crippen LogP contribution in [-0.2, 0) is 26.3 Å². The number of nitrogens with two attached hydrogens (primary N) is 1. The highest BCUT2D eigenvalue weighted by molar-refractivity contribution is 8.01. The zero-order valence-corrected chi connectivity index (χ0v) is 20.5. The lowest BCUT2D eigenvalue weighted by Crippen LogP contribution is -2.71. The Balaban J connectivity index is 1.49. The molecule has 0 radical (unpaired) electrons. The van der Waals surface area contributed by atoms with Crippen LogP contribution < -0.4 is 11.1 Å². The Hall–Kier alpha value is -3.22. The van der Waals surface area contributed by atoms with Gasteiger partial charge in [-0.1, -0.05) is 16.9 Å². The van der Waals surface area contributed by atoms with Gasteiger partial charge in [0.2, 0.25) is 5.16 Å². The maximum Gasteiger partial charge on any atom is 0.352 e. The fourth-order valence-corrected chi connectivity index (χ4v) is 6.13. The molecule has 0 aliphatic carbocycles. The van der Waals surface area contributed by atoms with Gasteiger partial charge in [-0.15, -0.1) is 28.2 Å². The Morgan fingerprint density at radius 1 is 1.46 bits per heavy atom. The van der Waals surface area contributed by atoms with E-state index in [0.717, 1.165) is 11.3 Å². The second-order valence-corrected chi connectivity index (χ2v) is 10.00. The lowest BCUT2D eigenvalue weighted by atomic mass is 10.0. The van der Waals surface area contributed by atoms with Crippen LogP contribution >= 0.6 is 34.9 Å². The number of aryl methyl sites for hydroxylation is 1. The number of thiazole rings is 1. The first-order valence-electron chi connectivity index (χ1n) is 9.90. The third kappa shape index (κ3) is 5.09. The summed E-state index contributed by atoms with van der Waals surface area (Å²) in [5.41, 5.74) is 6.00. The van der Waals surface area contributed by atoms with Crippen molar-refractivity contribution >= 4 is 63.5 Å². The Morgan fingerprint density at radius 2 is 2.26 bits per heavy atom. The summed E-state index contributed by atoms with van der Waals surface area (Å²) in [6.45, 7) is -0.465. The molecule has 1 unspecified atom stereocenters. The first-order chi connectivity index (χ1) is 16.8. The predicted octanol–water partition coefficient (Wildman–Crippen LogP) is -1.51. The Bertz CT molecular complexity index is 1210. The van der Waals surface area contributed by atoms with E-state index in [0.29, 0.717) is 16.5 Å². The van der Waals surface area contributed by atoms with Crippen molar-refractivity contribution in [3.05, 3.63) is 22.3 Å². The van der Waals surface area contributed by atoms with E-state index in [1.807, 2.05) is 0 Å². The summed E-state index contributed by atoms with van der Waals surface area (Å²) < 4.78 is 1.46. The van der Waals surface area contributed by atoms with E-state index in [-0.39, 0.29) is 41.2 Å². The standard InChI is InChI=1S/C17H19N9O6S3/c1-25-17(21-23-24-25)35-5-7-4-33-14-10(13(29)26(14)11(7)15(30)31)20-12(28)9(22-32-3-2-27)8-6-34-16(18)19-8/h6,10,14,27H,2-5H2,1H3,(H2,18,19)(H,20,28)(H,30,31)/b22-9-/t10?,14-/m1/s1. The molecule has 5 N–H and O–H groups in total. The number of tetrazole rings is 1. The van der Waals surface area contributed by atoms with E-state index in [1.54, 1.807) is 7.05 Å². The molecule has 0 aromatic carbocycles. The zero-order valence-electron chi connectivity index (χ0n) is 18.0. The molecule has 0 spiro atoms. The number of anilines is 1. The van der Waals surface area contributed by atoms with Gasteiger partial charge in [0.05, 0.1) is 6.61 Å². The number of amides is 2. The van der Waals surface area contributed by atoms with Gasteiger partial charge < -0.3 is 26.1 Å². The number of hydrogen-bond donors (Lipinski definition) is 4. The Kier molecular flexibility index (Phi) is 7.53. The minimum atomic E-state index is -1.24. The molecule has 2 aromatic heterocycles. The van der Waals surface area contributed by atoms with Gasteiger partial charge in [-0.3, -0.25) is 14.5 Å². The largest absolute Gasteiger partial charge is 0.477 e. The number of carbonyl (C=O) groups excluding carboxylic acids is 2. The van der Waals surface area contributed by atoms with Crippen LogP contribution in [0.15, 0.2) is 27.0 Å². The summed E-state index contributed by atoms with van der Waals surface area (Å²) in [4.78, 5) is 48.0. The van der Waals surface area contributed by atoms with Crippen LogP contribution in [-0.4, -0.2) is 99.9 Å². The summed E-state index contributed by atoms with van der Waals surface area (Å²) >= 11 is 3.67. The molecule has 1 fully saturated rings. The minimum absolute atomic E-state index is 0.112. The Morgan fingerprint density at radius 3 is 2.89 bits per heavy atom. The molecule has 186 valence electrons. The quantitative estimate of drug-likeness (QED) is 0.0887. The number of aliphatic hydroxyl groups excluding tert-OH is 1. The first-order valence-corrected chi connectivity index (χ1v) is 12.8. The number of fused-ring (bicyclic) bond motifs is 1. The number of thioether (sulfide) groups is 2. The Labute approximate surface area is 209 Å². The van der Waals surface area contributed by atoms with Crippen molar-refractivity contribution in [2.45, 2.75) is 16.6 Å². The second-order valence-electron chi connectivity index (χ2n) is 7.06.